The number of anilines is 1. The van der Waals surface area contributed by atoms with Crippen molar-refractivity contribution in [2.75, 3.05) is 18.8 Å². The van der Waals surface area contributed by atoms with E-state index in [1.807, 2.05) is 18.2 Å². The lowest BCUT2D eigenvalue weighted by Crippen LogP contribution is -2.23. The average molecular weight is 238 g/mol. The Morgan fingerprint density at radius 2 is 2.25 bits per heavy atom. The standard InChI is InChI=1S/C12H16ClN3/c1-2-16(7-3-6-14)9-10-4-5-11(13)12(15)8-10/h4-5,8H,2-3,7,9,15H2,1H3. The first-order valence-corrected chi connectivity index (χ1v) is 5.68. The molecular weight excluding hydrogens is 222 g/mol. The number of nitriles is 1. The van der Waals surface area contributed by atoms with E-state index in [-0.39, 0.29) is 0 Å². The molecule has 16 heavy (non-hydrogen) atoms. The SMILES string of the molecule is CCN(CCC#N)Cc1ccc(Cl)c(N)c1. The van der Waals surface area contributed by atoms with Gasteiger partial charge < -0.3 is 5.73 Å². The van der Waals surface area contributed by atoms with Gasteiger partial charge in [0.15, 0.2) is 0 Å². The van der Waals surface area contributed by atoms with Gasteiger partial charge in [0.2, 0.25) is 0 Å². The van der Waals surface area contributed by atoms with Crippen LogP contribution in [-0.4, -0.2) is 18.0 Å². The summed E-state index contributed by atoms with van der Waals surface area (Å²) in [4.78, 5) is 2.20. The van der Waals surface area contributed by atoms with Crippen LogP contribution in [0.3, 0.4) is 0 Å². The quantitative estimate of drug-likeness (QED) is 0.801. The molecule has 1 aromatic rings. The van der Waals surface area contributed by atoms with Crippen LogP contribution in [0.4, 0.5) is 5.69 Å². The Bertz CT molecular complexity index is 384. The Kier molecular flexibility index (Phi) is 5.10. The Morgan fingerprint density at radius 1 is 1.50 bits per heavy atom. The molecule has 0 heterocycles. The summed E-state index contributed by atoms with van der Waals surface area (Å²) in [5, 5.41) is 9.13. The molecule has 4 heteroatoms. The van der Waals surface area contributed by atoms with Crippen LogP contribution in [0.1, 0.15) is 18.9 Å². The monoisotopic (exact) mass is 237 g/mol. The summed E-state index contributed by atoms with van der Waals surface area (Å²) in [6.07, 6.45) is 0.552. The molecule has 0 unspecified atom stereocenters. The fraction of sp³-hybridized carbons (Fsp3) is 0.417. The molecule has 0 saturated heterocycles. The first kappa shape index (κ1) is 12.8. The third-order valence-corrected chi connectivity index (χ3v) is 2.80. The molecule has 0 aromatic heterocycles. The molecular formula is C12H16ClN3. The van der Waals surface area contributed by atoms with Crippen molar-refractivity contribution in [1.82, 2.24) is 4.90 Å². The normalized spacial score (nSPS) is 10.4. The highest BCUT2D eigenvalue weighted by Crippen LogP contribution is 2.20. The van der Waals surface area contributed by atoms with Gasteiger partial charge in [-0.25, -0.2) is 0 Å². The minimum Gasteiger partial charge on any atom is -0.398 e. The molecule has 3 nitrogen and oxygen atoms in total. The largest absolute Gasteiger partial charge is 0.398 e. The molecule has 1 rings (SSSR count). The van der Waals surface area contributed by atoms with Crippen LogP contribution in [0.25, 0.3) is 0 Å². The van der Waals surface area contributed by atoms with E-state index in [9.17, 15) is 0 Å². The molecule has 0 aliphatic heterocycles. The molecule has 0 bridgehead atoms. The van der Waals surface area contributed by atoms with Crippen LogP contribution in [0, 0.1) is 11.3 Å². The van der Waals surface area contributed by atoms with E-state index in [0.717, 1.165) is 25.2 Å². The van der Waals surface area contributed by atoms with Crippen molar-refractivity contribution in [3.63, 3.8) is 0 Å². The molecule has 1 aromatic carbocycles. The highest BCUT2D eigenvalue weighted by atomic mass is 35.5. The summed E-state index contributed by atoms with van der Waals surface area (Å²) in [5.41, 5.74) is 7.47. The summed E-state index contributed by atoms with van der Waals surface area (Å²) in [6, 6.07) is 7.81. The zero-order valence-electron chi connectivity index (χ0n) is 9.41. The van der Waals surface area contributed by atoms with Crippen molar-refractivity contribution in [3.05, 3.63) is 28.8 Å². The maximum Gasteiger partial charge on any atom is 0.0635 e. The van der Waals surface area contributed by atoms with Gasteiger partial charge in [-0.05, 0) is 24.2 Å². The molecule has 2 N–H and O–H groups in total. The molecule has 0 amide bonds. The van der Waals surface area contributed by atoms with Crippen molar-refractivity contribution in [2.24, 2.45) is 0 Å². The van der Waals surface area contributed by atoms with Crippen LogP contribution in [-0.2, 0) is 6.54 Å². The predicted molar refractivity (Wildman–Crippen MR) is 67.0 cm³/mol. The fourth-order valence-corrected chi connectivity index (χ4v) is 1.62. The van der Waals surface area contributed by atoms with Gasteiger partial charge in [-0.2, -0.15) is 5.26 Å². The van der Waals surface area contributed by atoms with Crippen LogP contribution >= 0.6 is 11.6 Å². The Balaban J connectivity index is 2.63. The molecule has 0 aliphatic rings. The highest BCUT2D eigenvalue weighted by Gasteiger charge is 2.04. The van der Waals surface area contributed by atoms with Crippen molar-refractivity contribution >= 4 is 17.3 Å². The van der Waals surface area contributed by atoms with Gasteiger partial charge in [0.1, 0.15) is 0 Å². The number of rotatable bonds is 5. The molecule has 86 valence electrons. The topological polar surface area (TPSA) is 53.0 Å². The van der Waals surface area contributed by atoms with Crippen LogP contribution in [0.15, 0.2) is 18.2 Å². The Hall–Kier alpha value is -1.24. The summed E-state index contributed by atoms with van der Waals surface area (Å²) < 4.78 is 0. The van der Waals surface area contributed by atoms with Gasteiger partial charge in [-0.3, -0.25) is 4.90 Å². The maximum atomic E-state index is 8.54. The summed E-state index contributed by atoms with van der Waals surface area (Å²) in [6.45, 7) is 4.59. The summed E-state index contributed by atoms with van der Waals surface area (Å²) >= 11 is 5.85. The second-order valence-corrected chi connectivity index (χ2v) is 4.04. The third-order valence-electron chi connectivity index (χ3n) is 2.45. The smallest absolute Gasteiger partial charge is 0.0635 e. The Morgan fingerprint density at radius 3 is 2.81 bits per heavy atom. The van der Waals surface area contributed by atoms with Crippen molar-refractivity contribution in [2.45, 2.75) is 19.9 Å². The minimum atomic E-state index is 0.552. The molecule has 0 fully saturated rings. The Labute approximate surface area is 101 Å². The van der Waals surface area contributed by atoms with Gasteiger partial charge in [-0.15, -0.1) is 0 Å². The molecule has 0 radical (unpaired) electrons. The lowest BCUT2D eigenvalue weighted by atomic mass is 10.2. The highest BCUT2D eigenvalue weighted by molar-refractivity contribution is 6.33. The molecule has 0 spiro atoms. The van der Waals surface area contributed by atoms with E-state index in [0.29, 0.717) is 17.1 Å². The zero-order valence-corrected chi connectivity index (χ0v) is 10.2. The first-order valence-electron chi connectivity index (χ1n) is 5.30. The van der Waals surface area contributed by atoms with E-state index in [4.69, 9.17) is 22.6 Å². The number of hydrogen-bond donors (Lipinski definition) is 1. The van der Waals surface area contributed by atoms with Gasteiger partial charge >= 0.3 is 0 Å². The van der Waals surface area contributed by atoms with E-state index in [1.54, 1.807) is 0 Å². The first-order chi connectivity index (χ1) is 7.67. The zero-order chi connectivity index (χ0) is 12.0. The maximum absolute atomic E-state index is 8.54. The molecule has 0 atom stereocenters. The molecule has 0 saturated carbocycles. The number of hydrogen-bond acceptors (Lipinski definition) is 3. The molecule has 0 aliphatic carbocycles. The van der Waals surface area contributed by atoms with Gasteiger partial charge in [-0.1, -0.05) is 24.6 Å². The van der Waals surface area contributed by atoms with Crippen LogP contribution < -0.4 is 5.73 Å². The number of nitrogens with zero attached hydrogens (tertiary/aromatic N) is 2. The van der Waals surface area contributed by atoms with Crippen molar-refractivity contribution in [3.8, 4) is 6.07 Å². The lowest BCUT2D eigenvalue weighted by Gasteiger charge is -2.19. The van der Waals surface area contributed by atoms with Crippen LogP contribution in [0.5, 0.6) is 0 Å². The lowest BCUT2D eigenvalue weighted by molar-refractivity contribution is 0.287. The predicted octanol–water partition coefficient (Wildman–Crippen LogP) is 2.66. The second-order valence-electron chi connectivity index (χ2n) is 3.63. The average Bonchev–Trinajstić information content (AvgIpc) is 2.29. The van der Waals surface area contributed by atoms with E-state index < -0.39 is 0 Å². The van der Waals surface area contributed by atoms with Crippen molar-refractivity contribution in [1.29, 1.82) is 5.26 Å². The second kappa shape index (κ2) is 6.37. The summed E-state index contributed by atoms with van der Waals surface area (Å²) in [7, 11) is 0. The number of nitrogen functional groups attached to an aromatic ring is 1. The third kappa shape index (κ3) is 3.73. The minimum absolute atomic E-state index is 0.552. The number of benzene rings is 1. The van der Waals surface area contributed by atoms with Crippen molar-refractivity contribution < 1.29 is 0 Å². The summed E-state index contributed by atoms with van der Waals surface area (Å²) in [5.74, 6) is 0. The fourth-order valence-electron chi connectivity index (χ4n) is 1.51. The van der Waals surface area contributed by atoms with Gasteiger partial charge in [0.05, 0.1) is 16.8 Å². The number of nitrogens with two attached hydrogens (primary N) is 1. The van der Waals surface area contributed by atoms with E-state index >= 15 is 0 Å². The van der Waals surface area contributed by atoms with Crippen LogP contribution in [0.2, 0.25) is 5.02 Å². The van der Waals surface area contributed by atoms with Gasteiger partial charge in [0, 0.05) is 19.5 Å². The number of halogens is 1. The van der Waals surface area contributed by atoms with E-state index in [1.165, 1.54) is 0 Å². The van der Waals surface area contributed by atoms with E-state index in [2.05, 4.69) is 17.9 Å². The van der Waals surface area contributed by atoms with Gasteiger partial charge in [0.25, 0.3) is 0 Å².